The number of primary amides is 1. The van der Waals surface area contributed by atoms with Crippen molar-refractivity contribution in [1.82, 2.24) is 14.8 Å². The summed E-state index contributed by atoms with van der Waals surface area (Å²) in [5.74, 6) is 0.984. The molecule has 0 aliphatic carbocycles. The number of carbonyl (C=O) groups excluding carboxylic acids is 2. The Hall–Kier alpha value is -3.13. The van der Waals surface area contributed by atoms with Gasteiger partial charge in [0.1, 0.15) is 5.82 Å². The molecule has 0 saturated carbocycles. The first kappa shape index (κ1) is 20.6. The maximum atomic E-state index is 12.3. The zero-order chi connectivity index (χ0) is 20.6. The lowest BCUT2D eigenvalue weighted by molar-refractivity contribution is -0.118. The van der Waals surface area contributed by atoms with Gasteiger partial charge < -0.3 is 15.6 Å². The minimum Gasteiger partial charge on any atom is -0.370 e. The molecular formula is C21H23N5O2S. The van der Waals surface area contributed by atoms with Gasteiger partial charge in [0.25, 0.3) is 5.91 Å². The quantitative estimate of drug-likeness (QED) is 0.528. The number of nitrogens with zero attached hydrogens (tertiary/aromatic N) is 3. The molecule has 0 saturated heterocycles. The molecule has 150 valence electrons. The molecule has 0 atom stereocenters. The van der Waals surface area contributed by atoms with Crippen molar-refractivity contribution < 1.29 is 9.59 Å². The molecule has 0 fully saturated rings. The Labute approximate surface area is 173 Å². The standard InChI is InChI=1S/C21H23N5O2S/c1-2-26-19(13-12-18(22)27)24-25-21(26)29-14-15-8-10-16(11-9-15)20(28)23-17-6-4-3-5-7-17/h3-11H,2,12-14H2,1H3,(H2,22,27)(H,23,28). The van der Waals surface area contributed by atoms with Gasteiger partial charge in [0.05, 0.1) is 0 Å². The van der Waals surface area contributed by atoms with Crippen LogP contribution in [0.5, 0.6) is 0 Å². The van der Waals surface area contributed by atoms with E-state index in [1.165, 1.54) is 0 Å². The molecular weight excluding hydrogens is 386 g/mol. The summed E-state index contributed by atoms with van der Waals surface area (Å²) in [4.78, 5) is 23.3. The first-order valence-electron chi connectivity index (χ1n) is 9.35. The summed E-state index contributed by atoms with van der Waals surface area (Å²) in [5, 5.41) is 12.1. The van der Waals surface area contributed by atoms with Crippen LogP contribution in [0.2, 0.25) is 0 Å². The Morgan fingerprint density at radius 1 is 1.07 bits per heavy atom. The minimum atomic E-state index is -0.346. The highest BCUT2D eigenvalue weighted by molar-refractivity contribution is 7.98. The molecule has 0 bridgehead atoms. The Morgan fingerprint density at radius 3 is 2.45 bits per heavy atom. The first-order valence-corrected chi connectivity index (χ1v) is 10.3. The number of hydrogen-bond donors (Lipinski definition) is 2. The van der Waals surface area contributed by atoms with Crippen molar-refractivity contribution in [2.45, 2.75) is 37.2 Å². The van der Waals surface area contributed by atoms with Gasteiger partial charge in [0.2, 0.25) is 5.91 Å². The highest BCUT2D eigenvalue weighted by Gasteiger charge is 2.12. The number of para-hydroxylation sites is 1. The summed E-state index contributed by atoms with van der Waals surface area (Å²) < 4.78 is 2.00. The lowest BCUT2D eigenvalue weighted by Crippen LogP contribution is -2.13. The Morgan fingerprint density at radius 2 is 1.79 bits per heavy atom. The van der Waals surface area contributed by atoms with E-state index in [-0.39, 0.29) is 18.2 Å². The molecule has 2 amide bonds. The number of aromatic nitrogens is 3. The van der Waals surface area contributed by atoms with Crippen molar-refractivity contribution in [3.05, 3.63) is 71.5 Å². The predicted octanol–water partition coefficient (Wildman–Crippen LogP) is 3.26. The molecule has 0 aliphatic rings. The van der Waals surface area contributed by atoms with Gasteiger partial charge in [-0.1, -0.05) is 42.1 Å². The molecule has 29 heavy (non-hydrogen) atoms. The lowest BCUT2D eigenvalue weighted by atomic mass is 10.1. The summed E-state index contributed by atoms with van der Waals surface area (Å²) in [6, 6.07) is 16.9. The molecule has 3 N–H and O–H groups in total. The molecule has 8 heteroatoms. The topological polar surface area (TPSA) is 103 Å². The van der Waals surface area contributed by atoms with Crippen molar-refractivity contribution in [3.8, 4) is 0 Å². The van der Waals surface area contributed by atoms with Crippen LogP contribution >= 0.6 is 11.8 Å². The van der Waals surface area contributed by atoms with Crippen LogP contribution in [-0.2, 0) is 23.5 Å². The molecule has 3 aromatic rings. The van der Waals surface area contributed by atoms with Crippen LogP contribution < -0.4 is 11.1 Å². The summed E-state index contributed by atoms with van der Waals surface area (Å²) in [6.07, 6.45) is 0.747. The van der Waals surface area contributed by atoms with E-state index in [4.69, 9.17) is 5.73 Å². The molecule has 0 radical (unpaired) electrons. The van der Waals surface area contributed by atoms with Gasteiger partial charge in [-0.2, -0.15) is 0 Å². The highest BCUT2D eigenvalue weighted by atomic mass is 32.2. The maximum Gasteiger partial charge on any atom is 0.255 e. The van der Waals surface area contributed by atoms with E-state index in [1.54, 1.807) is 11.8 Å². The van der Waals surface area contributed by atoms with E-state index in [0.717, 1.165) is 28.8 Å². The van der Waals surface area contributed by atoms with Crippen molar-refractivity contribution in [1.29, 1.82) is 0 Å². The van der Waals surface area contributed by atoms with Crippen LogP contribution in [0.1, 0.15) is 35.1 Å². The normalized spacial score (nSPS) is 10.7. The van der Waals surface area contributed by atoms with Crippen LogP contribution in [0.15, 0.2) is 59.8 Å². The van der Waals surface area contributed by atoms with Crippen LogP contribution in [-0.4, -0.2) is 26.6 Å². The fourth-order valence-electron chi connectivity index (χ4n) is 2.79. The van der Waals surface area contributed by atoms with Gasteiger partial charge in [-0.25, -0.2) is 0 Å². The van der Waals surface area contributed by atoms with Crippen molar-refractivity contribution in [3.63, 3.8) is 0 Å². The zero-order valence-electron chi connectivity index (χ0n) is 16.2. The Bertz CT molecular complexity index is 970. The number of carbonyl (C=O) groups is 2. The average molecular weight is 410 g/mol. The summed E-state index contributed by atoms with van der Waals surface area (Å²) >= 11 is 1.57. The number of rotatable bonds is 9. The SMILES string of the molecule is CCn1c(CCC(N)=O)nnc1SCc1ccc(C(=O)Nc2ccccc2)cc1. The number of aryl methyl sites for hydroxylation is 1. The number of thioether (sulfide) groups is 1. The van der Waals surface area contributed by atoms with E-state index in [2.05, 4.69) is 15.5 Å². The number of anilines is 1. The first-order chi connectivity index (χ1) is 14.1. The highest BCUT2D eigenvalue weighted by Crippen LogP contribution is 2.23. The smallest absolute Gasteiger partial charge is 0.255 e. The van der Waals surface area contributed by atoms with Gasteiger partial charge in [0.15, 0.2) is 5.16 Å². The van der Waals surface area contributed by atoms with E-state index in [9.17, 15) is 9.59 Å². The van der Waals surface area contributed by atoms with Crippen LogP contribution in [0.25, 0.3) is 0 Å². The van der Waals surface area contributed by atoms with E-state index >= 15 is 0 Å². The summed E-state index contributed by atoms with van der Waals surface area (Å²) in [6.45, 7) is 2.74. The summed E-state index contributed by atoms with van der Waals surface area (Å²) in [5.41, 5.74) is 7.67. The fraction of sp³-hybridized carbons (Fsp3) is 0.238. The average Bonchev–Trinajstić information content (AvgIpc) is 3.13. The van der Waals surface area contributed by atoms with Crippen molar-refractivity contribution in [2.75, 3.05) is 5.32 Å². The summed E-state index contributed by atoms with van der Waals surface area (Å²) in [7, 11) is 0. The number of amides is 2. The van der Waals surface area contributed by atoms with Gasteiger partial charge in [-0.15, -0.1) is 10.2 Å². The van der Waals surface area contributed by atoms with Crippen molar-refractivity contribution in [2.24, 2.45) is 5.73 Å². The maximum absolute atomic E-state index is 12.3. The van der Waals surface area contributed by atoms with Crippen molar-refractivity contribution >= 4 is 29.3 Å². The van der Waals surface area contributed by atoms with Gasteiger partial charge in [-0.3, -0.25) is 9.59 Å². The Kier molecular flexibility index (Phi) is 7.02. The van der Waals surface area contributed by atoms with Gasteiger partial charge in [0, 0.05) is 36.4 Å². The number of nitrogens with one attached hydrogen (secondary N) is 1. The zero-order valence-corrected chi connectivity index (χ0v) is 17.0. The molecule has 0 aliphatic heterocycles. The molecule has 1 aromatic heterocycles. The number of nitrogens with two attached hydrogens (primary N) is 1. The predicted molar refractivity (Wildman–Crippen MR) is 114 cm³/mol. The van der Waals surface area contributed by atoms with Crippen LogP contribution in [0, 0.1) is 0 Å². The third kappa shape index (κ3) is 5.68. The second kappa shape index (κ2) is 9.88. The van der Waals surface area contributed by atoms with Gasteiger partial charge in [-0.05, 0) is 36.8 Å². The molecule has 2 aromatic carbocycles. The second-order valence-electron chi connectivity index (χ2n) is 6.42. The van der Waals surface area contributed by atoms with E-state index in [0.29, 0.717) is 17.7 Å². The van der Waals surface area contributed by atoms with E-state index < -0.39 is 0 Å². The third-order valence-electron chi connectivity index (χ3n) is 4.32. The van der Waals surface area contributed by atoms with Gasteiger partial charge >= 0.3 is 0 Å². The minimum absolute atomic E-state index is 0.139. The lowest BCUT2D eigenvalue weighted by Gasteiger charge is -2.08. The second-order valence-corrected chi connectivity index (χ2v) is 7.36. The van der Waals surface area contributed by atoms with E-state index in [1.807, 2.05) is 66.1 Å². The Balaban J connectivity index is 1.59. The molecule has 0 unspecified atom stereocenters. The largest absolute Gasteiger partial charge is 0.370 e. The number of hydrogen-bond acceptors (Lipinski definition) is 5. The molecule has 1 heterocycles. The molecule has 0 spiro atoms. The monoisotopic (exact) mass is 409 g/mol. The molecule has 3 rings (SSSR count). The third-order valence-corrected chi connectivity index (χ3v) is 5.36. The van der Waals surface area contributed by atoms with Crippen LogP contribution in [0.3, 0.4) is 0 Å². The van der Waals surface area contributed by atoms with Crippen LogP contribution in [0.4, 0.5) is 5.69 Å². The number of benzene rings is 2. The molecule has 7 nitrogen and oxygen atoms in total. The fourth-order valence-corrected chi connectivity index (χ4v) is 3.77.